The molecule has 2 aromatic carbocycles. The van der Waals surface area contributed by atoms with Crippen LogP contribution >= 0.6 is 0 Å². The number of benzene rings is 2. The number of carbonyl (C=O) groups excluding carboxylic acids is 1. The summed E-state index contributed by atoms with van der Waals surface area (Å²) >= 11 is 0. The topological polar surface area (TPSA) is 98.8 Å². The Labute approximate surface area is 177 Å². The van der Waals surface area contributed by atoms with Crippen LogP contribution in [-0.4, -0.2) is 31.2 Å². The molecule has 4 rings (SSSR count). The molecule has 0 fully saturated rings. The minimum Gasteiger partial charge on any atom is -0.496 e. The van der Waals surface area contributed by atoms with Gasteiger partial charge in [-0.1, -0.05) is 24.3 Å². The van der Waals surface area contributed by atoms with Gasteiger partial charge in [0.2, 0.25) is 5.91 Å². The maximum absolute atomic E-state index is 11.2. The fourth-order valence-electron chi connectivity index (χ4n) is 4.70. The summed E-state index contributed by atoms with van der Waals surface area (Å²) in [4.78, 5) is 22.2. The first kappa shape index (κ1) is 21.7. The Morgan fingerprint density at radius 3 is 1.70 bits per heavy atom. The second-order valence-corrected chi connectivity index (χ2v) is 7.89. The molecule has 6 heteroatoms. The van der Waals surface area contributed by atoms with Crippen LogP contribution in [-0.2, 0) is 22.4 Å². The van der Waals surface area contributed by atoms with Crippen LogP contribution in [0, 0.1) is 13.8 Å². The number of carboxylic acids is 1. The molecule has 1 amide bonds. The molecule has 160 valence electrons. The SMILES string of the molecule is COc1c(C)ccc2c1CCC2C(=O)O.COc1c(C)ccc2c1CCC2C(N)=O. The molecule has 0 saturated heterocycles. The van der Waals surface area contributed by atoms with E-state index < -0.39 is 5.97 Å². The Morgan fingerprint density at radius 1 is 0.867 bits per heavy atom. The zero-order valence-corrected chi connectivity index (χ0v) is 18.0. The molecular weight excluding hydrogens is 382 g/mol. The number of rotatable bonds is 4. The molecule has 0 aliphatic heterocycles. The minimum absolute atomic E-state index is 0.130. The van der Waals surface area contributed by atoms with Gasteiger partial charge >= 0.3 is 5.97 Å². The summed E-state index contributed by atoms with van der Waals surface area (Å²) in [5.74, 6) is 0.316. The highest BCUT2D eigenvalue weighted by Gasteiger charge is 2.31. The first-order chi connectivity index (χ1) is 14.3. The Hall–Kier alpha value is -3.02. The van der Waals surface area contributed by atoms with E-state index in [2.05, 4.69) is 0 Å². The van der Waals surface area contributed by atoms with Gasteiger partial charge in [-0.15, -0.1) is 0 Å². The summed E-state index contributed by atoms with van der Waals surface area (Å²) in [5.41, 5.74) is 11.7. The number of hydrogen-bond donors (Lipinski definition) is 2. The van der Waals surface area contributed by atoms with Crippen LogP contribution in [0.3, 0.4) is 0 Å². The van der Waals surface area contributed by atoms with Gasteiger partial charge in [-0.2, -0.15) is 0 Å². The van der Waals surface area contributed by atoms with Gasteiger partial charge in [0.1, 0.15) is 11.5 Å². The highest BCUT2D eigenvalue weighted by molar-refractivity contribution is 5.84. The molecule has 0 heterocycles. The van der Waals surface area contributed by atoms with E-state index in [1.54, 1.807) is 14.2 Å². The van der Waals surface area contributed by atoms with Crippen molar-refractivity contribution >= 4 is 11.9 Å². The van der Waals surface area contributed by atoms with E-state index in [1.807, 2.05) is 38.1 Å². The van der Waals surface area contributed by atoms with Crippen LogP contribution in [0.15, 0.2) is 24.3 Å². The number of nitrogens with two attached hydrogens (primary N) is 1. The Bertz CT molecular complexity index is 903. The van der Waals surface area contributed by atoms with Gasteiger partial charge in [0.15, 0.2) is 0 Å². The van der Waals surface area contributed by atoms with E-state index in [0.29, 0.717) is 6.42 Å². The molecule has 6 nitrogen and oxygen atoms in total. The van der Waals surface area contributed by atoms with Crippen molar-refractivity contribution in [3.05, 3.63) is 57.6 Å². The maximum atomic E-state index is 11.2. The normalized spacial score (nSPS) is 18.7. The molecule has 2 unspecified atom stereocenters. The number of aryl methyl sites for hydroxylation is 2. The fraction of sp³-hybridized carbons (Fsp3) is 0.417. The number of aliphatic carboxylic acids is 1. The summed E-state index contributed by atoms with van der Waals surface area (Å²) in [7, 11) is 3.30. The van der Waals surface area contributed by atoms with Crippen molar-refractivity contribution in [3.63, 3.8) is 0 Å². The molecule has 3 N–H and O–H groups in total. The lowest BCUT2D eigenvalue weighted by atomic mass is 9.99. The number of hydrogen-bond acceptors (Lipinski definition) is 4. The van der Waals surface area contributed by atoms with E-state index in [9.17, 15) is 9.59 Å². The highest BCUT2D eigenvalue weighted by atomic mass is 16.5. The first-order valence-electron chi connectivity index (χ1n) is 10.1. The summed E-state index contributed by atoms with van der Waals surface area (Å²) in [6.45, 7) is 3.99. The van der Waals surface area contributed by atoms with Crippen LogP contribution < -0.4 is 15.2 Å². The van der Waals surface area contributed by atoms with Crippen LogP contribution in [0.5, 0.6) is 11.5 Å². The van der Waals surface area contributed by atoms with Crippen molar-refractivity contribution in [1.29, 1.82) is 0 Å². The molecule has 0 saturated carbocycles. The van der Waals surface area contributed by atoms with Gasteiger partial charge in [-0.25, -0.2) is 0 Å². The molecule has 30 heavy (non-hydrogen) atoms. The predicted molar refractivity (Wildman–Crippen MR) is 114 cm³/mol. The Kier molecular flexibility index (Phi) is 6.34. The lowest BCUT2D eigenvalue weighted by molar-refractivity contribution is -0.138. The van der Waals surface area contributed by atoms with Crippen molar-refractivity contribution in [2.75, 3.05) is 14.2 Å². The molecule has 0 aromatic heterocycles. The smallest absolute Gasteiger partial charge is 0.310 e. The molecule has 0 radical (unpaired) electrons. The second kappa shape index (κ2) is 8.78. The van der Waals surface area contributed by atoms with Crippen molar-refractivity contribution in [1.82, 2.24) is 0 Å². The van der Waals surface area contributed by atoms with E-state index in [4.69, 9.17) is 20.3 Å². The number of carboxylic acid groups (broad SMARTS) is 1. The van der Waals surface area contributed by atoms with Crippen molar-refractivity contribution in [3.8, 4) is 11.5 Å². The second-order valence-electron chi connectivity index (χ2n) is 7.89. The van der Waals surface area contributed by atoms with Gasteiger partial charge < -0.3 is 20.3 Å². The fourth-order valence-corrected chi connectivity index (χ4v) is 4.70. The van der Waals surface area contributed by atoms with Crippen molar-refractivity contribution in [2.24, 2.45) is 5.73 Å². The van der Waals surface area contributed by atoms with E-state index >= 15 is 0 Å². The van der Waals surface area contributed by atoms with Gasteiger partial charge in [0, 0.05) is 0 Å². The van der Waals surface area contributed by atoms with Gasteiger partial charge in [0.25, 0.3) is 0 Å². The average Bonchev–Trinajstić information content (AvgIpc) is 3.32. The quantitative estimate of drug-likeness (QED) is 0.800. The summed E-state index contributed by atoms with van der Waals surface area (Å²) in [6, 6.07) is 7.83. The lowest BCUT2D eigenvalue weighted by Gasteiger charge is -2.12. The Morgan fingerprint density at radius 2 is 1.30 bits per heavy atom. The van der Waals surface area contributed by atoms with Crippen LogP contribution in [0.1, 0.15) is 58.1 Å². The first-order valence-corrected chi connectivity index (χ1v) is 10.1. The summed E-state index contributed by atoms with van der Waals surface area (Å²) in [6.07, 6.45) is 3.18. The van der Waals surface area contributed by atoms with Crippen molar-refractivity contribution in [2.45, 2.75) is 51.4 Å². The molecule has 2 aromatic rings. The van der Waals surface area contributed by atoms with E-state index in [-0.39, 0.29) is 17.7 Å². The van der Waals surface area contributed by atoms with Gasteiger partial charge in [-0.05, 0) is 72.9 Å². The standard InChI is InChI=1S/C12H15NO2.C12H14O3/c2*1-7-3-4-8-9(11(7)15-2)5-6-10(8)12(13)14/h3-4,10H,5-6H2,1-2H3,(H2,13,14);3-4,10H,5-6H2,1-2H3,(H,13,14). The maximum Gasteiger partial charge on any atom is 0.310 e. The molecular formula is C24H29NO5. The molecule has 2 atom stereocenters. The molecule has 0 spiro atoms. The summed E-state index contributed by atoms with van der Waals surface area (Å²) < 4.78 is 10.7. The molecule has 2 aliphatic rings. The number of methoxy groups -OCH3 is 2. The largest absolute Gasteiger partial charge is 0.496 e. The third-order valence-electron chi connectivity index (χ3n) is 6.15. The summed E-state index contributed by atoms with van der Waals surface area (Å²) in [5, 5.41) is 9.05. The van der Waals surface area contributed by atoms with Crippen LogP contribution in [0.4, 0.5) is 0 Å². The third kappa shape index (κ3) is 3.86. The zero-order valence-electron chi connectivity index (χ0n) is 18.0. The minimum atomic E-state index is -0.736. The van der Waals surface area contributed by atoms with E-state index in [1.165, 1.54) is 0 Å². The van der Waals surface area contributed by atoms with Crippen molar-refractivity contribution < 1.29 is 24.2 Å². The molecule has 2 aliphatic carbocycles. The van der Waals surface area contributed by atoms with Gasteiger partial charge in [-0.3, -0.25) is 9.59 Å². The van der Waals surface area contributed by atoms with Crippen LogP contribution in [0.2, 0.25) is 0 Å². The number of primary amides is 1. The predicted octanol–water partition coefficient (Wildman–Crippen LogP) is 3.64. The number of carbonyl (C=O) groups is 2. The lowest BCUT2D eigenvalue weighted by Crippen LogP contribution is -2.19. The van der Waals surface area contributed by atoms with Gasteiger partial charge in [0.05, 0.1) is 26.1 Å². The monoisotopic (exact) mass is 411 g/mol. The number of ether oxygens (including phenoxy) is 2. The number of fused-ring (bicyclic) bond motifs is 2. The number of amides is 1. The van der Waals surface area contributed by atoms with E-state index in [0.717, 1.165) is 64.1 Å². The third-order valence-corrected chi connectivity index (χ3v) is 6.15. The van der Waals surface area contributed by atoms with Crippen LogP contribution in [0.25, 0.3) is 0 Å². The Balaban J connectivity index is 0.000000171. The highest BCUT2D eigenvalue weighted by Crippen LogP contribution is 2.41. The molecule has 0 bridgehead atoms. The average molecular weight is 411 g/mol. The zero-order chi connectivity index (χ0) is 22.0.